The molecule has 4 nitrogen and oxygen atoms in total. The SMILES string of the molecule is Cc1cc(C(=O)NC2CCNC(C)C2)c2ccccc2n1.Cl.Cl. The topological polar surface area (TPSA) is 54.0 Å². The Bertz CT molecular complexity index is 678. The van der Waals surface area contributed by atoms with Gasteiger partial charge in [0, 0.05) is 23.2 Å². The van der Waals surface area contributed by atoms with Crippen LogP contribution in [0.15, 0.2) is 30.3 Å². The number of halogens is 2. The molecular weight excluding hydrogens is 333 g/mol. The largest absolute Gasteiger partial charge is 0.349 e. The van der Waals surface area contributed by atoms with E-state index in [9.17, 15) is 4.79 Å². The zero-order valence-corrected chi connectivity index (χ0v) is 15.0. The van der Waals surface area contributed by atoms with Gasteiger partial charge in [0.05, 0.1) is 11.1 Å². The Balaban J connectivity index is 0.00000132. The highest BCUT2D eigenvalue weighted by Gasteiger charge is 2.21. The Kier molecular flexibility index (Phi) is 7.26. The van der Waals surface area contributed by atoms with E-state index >= 15 is 0 Å². The van der Waals surface area contributed by atoms with Crippen LogP contribution in [-0.2, 0) is 0 Å². The zero-order chi connectivity index (χ0) is 14.8. The smallest absolute Gasteiger partial charge is 0.252 e. The van der Waals surface area contributed by atoms with Crippen LogP contribution >= 0.6 is 24.8 Å². The van der Waals surface area contributed by atoms with Crippen molar-refractivity contribution >= 4 is 41.6 Å². The van der Waals surface area contributed by atoms with Crippen LogP contribution in [0.4, 0.5) is 0 Å². The minimum Gasteiger partial charge on any atom is -0.349 e. The van der Waals surface area contributed by atoms with Gasteiger partial charge in [-0.05, 0) is 45.4 Å². The Hall–Kier alpha value is -1.36. The molecule has 1 aliphatic rings. The van der Waals surface area contributed by atoms with Gasteiger partial charge < -0.3 is 10.6 Å². The molecule has 0 aliphatic carbocycles. The van der Waals surface area contributed by atoms with E-state index in [0.717, 1.165) is 41.5 Å². The molecule has 2 atom stereocenters. The molecular formula is C17H23Cl2N3O. The average molecular weight is 356 g/mol. The second kappa shape index (κ2) is 8.48. The predicted molar refractivity (Wildman–Crippen MR) is 98.9 cm³/mol. The molecule has 1 aromatic carbocycles. The minimum atomic E-state index is 0. The number of aryl methyl sites for hydroxylation is 1. The first-order valence-corrected chi connectivity index (χ1v) is 7.54. The summed E-state index contributed by atoms with van der Waals surface area (Å²) in [6.07, 6.45) is 1.96. The molecule has 1 aromatic heterocycles. The van der Waals surface area contributed by atoms with E-state index in [-0.39, 0.29) is 36.8 Å². The zero-order valence-electron chi connectivity index (χ0n) is 13.3. The highest BCUT2D eigenvalue weighted by Crippen LogP contribution is 2.19. The standard InChI is InChI=1S/C17H21N3O.2ClH/c1-11-9-13(7-8-18-11)20-17(21)15-10-12(2)19-16-6-4-3-5-14(15)16;;/h3-6,10-11,13,18H,7-9H2,1-2H3,(H,20,21);2*1H. The van der Waals surface area contributed by atoms with E-state index in [1.807, 2.05) is 37.3 Å². The summed E-state index contributed by atoms with van der Waals surface area (Å²) in [7, 11) is 0. The van der Waals surface area contributed by atoms with E-state index in [2.05, 4.69) is 22.5 Å². The van der Waals surface area contributed by atoms with E-state index in [0.29, 0.717) is 6.04 Å². The van der Waals surface area contributed by atoms with Crippen LogP contribution < -0.4 is 10.6 Å². The summed E-state index contributed by atoms with van der Waals surface area (Å²) in [5, 5.41) is 7.50. The summed E-state index contributed by atoms with van der Waals surface area (Å²) >= 11 is 0. The number of amides is 1. The second-order valence-electron chi connectivity index (χ2n) is 5.88. The molecule has 2 aromatic rings. The van der Waals surface area contributed by atoms with Crippen LogP contribution in [0.25, 0.3) is 10.9 Å². The molecule has 1 saturated heterocycles. The van der Waals surface area contributed by atoms with Crippen LogP contribution in [0.2, 0.25) is 0 Å². The van der Waals surface area contributed by atoms with Gasteiger partial charge in [-0.3, -0.25) is 9.78 Å². The molecule has 3 rings (SSSR count). The monoisotopic (exact) mass is 355 g/mol. The van der Waals surface area contributed by atoms with Crippen LogP contribution in [0.5, 0.6) is 0 Å². The maximum Gasteiger partial charge on any atom is 0.252 e. The molecule has 2 heterocycles. The summed E-state index contributed by atoms with van der Waals surface area (Å²) in [5.41, 5.74) is 2.48. The van der Waals surface area contributed by atoms with Gasteiger partial charge in [0.25, 0.3) is 5.91 Å². The lowest BCUT2D eigenvalue weighted by Gasteiger charge is -2.28. The number of nitrogens with zero attached hydrogens (tertiary/aromatic N) is 1. The number of para-hydroxylation sites is 1. The van der Waals surface area contributed by atoms with Crippen LogP contribution in [0.1, 0.15) is 35.8 Å². The summed E-state index contributed by atoms with van der Waals surface area (Å²) in [6, 6.07) is 10.4. The molecule has 6 heteroatoms. The van der Waals surface area contributed by atoms with Crippen molar-refractivity contribution in [2.45, 2.75) is 38.8 Å². The molecule has 0 spiro atoms. The van der Waals surface area contributed by atoms with Crippen molar-refractivity contribution in [2.24, 2.45) is 0 Å². The summed E-state index contributed by atoms with van der Waals surface area (Å²) in [5.74, 6) is 0.0100. The average Bonchev–Trinajstić information content (AvgIpc) is 2.46. The summed E-state index contributed by atoms with van der Waals surface area (Å²) in [6.45, 7) is 5.04. The number of nitrogens with one attached hydrogen (secondary N) is 2. The summed E-state index contributed by atoms with van der Waals surface area (Å²) < 4.78 is 0. The highest BCUT2D eigenvalue weighted by molar-refractivity contribution is 6.06. The number of hydrogen-bond donors (Lipinski definition) is 2. The molecule has 2 unspecified atom stereocenters. The highest BCUT2D eigenvalue weighted by atomic mass is 35.5. The van der Waals surface area contributed by atoms with Crippen molar-refractivity contribution in [1.82, 2.24) is 15.6 Å². The number of pyridine rings is 1. The molecule has 0 saturated carbocycles. The predicted octanol–water partition coefficient (Wildman–Crippen LogP) is 3.26. The van der Waals surface area contributed by atoms with Gasteiger partial charge in [0.1, 0.15) is 0 Å². The van der Waals surface area contributed by atoms with Crippen molar-refractivity contribution in [2.75, 3.05) is 6.54 Å². The number of piperidine rings is 1. The minimum absolute atomic E-state index is 0. The molecule has 1 aliphatic heterocycles. The maximum atomic E-state index is 12.6. The molecule has 126 valence electrons. The maximum absolute atomic E-state index is 12.6. The number of carbonyl (C=O) groups excluding carboxylic acids is 1. The first kappa shape index (κ1) is 19.7. The van der Waals surface area contributed by atoms with E-state index in [4.69, 9.17) is 0 Å². The molecule has 1 fully saturated rings. The van der Waals surface area contributed by atoms with Gasteiger partial charge in [0.2, 0.25) is 0 Å². The number of rotatable bonds is 2. The van der Waals surface area contributed by atoms with Gasteiger partial charge in [-0.25, -0.2) is 0 Å². The third-order valence-corrected chi connectivity index (χ3v) is 4.05. The van der Waals surface area contributed by atoms with E-state index < -0.39 is 0 Å². The third kappa shape index (κ3) is 4.56. The normalized spacial score (nSPS) is 20.3. The van der Waals surface area contributed by atoms with Gasteiger partial charge in [-0.15, -0.1) is 24.8 Å². The van der Waals surface area contributed by atoms with Crippen LogP contribution in [0, 0.1) is 6.92 Å². The molecule has 23 heavy (non-hydrogen) atoms. The summed E-state index contributed by atoms with van der Waals surface area (Å²) in [4.78, 5) is 17.1. The number of aromatic nitrogens is 1. The van der Waals surface area contributed by atoms with E-state index in [1.54, 1.807) is 0 Å². The lowest BCUT2D eigenvalue weighted by Crippen LogP contribution is -2.46. The first-order chi connectivity index (χ1) is 10.1. The lowest BCUT2D eigenvalue weighted by molar-refractivity contribution is 0.0927. The van der Waals surface area contributed by atoms with Crippen LogP contribution in [-0.4, -0.2) is 29.5 Å². The fraction of sp³-hybridized carbons (Fsp3) is 0.412. The van der Waals surface area contributed by atoms with Crippen molar-refractivity contribution < 1.29 is 4.79 Å². The number of benzene rings is 1. The Morgan fingerprint density at radius 2 is 2.04 bits per heavy atom. The van der Waals surface area contributed by atoms with Gasteiger partial charge >= 0.3 is 0 Å². The number of carbonyl (C=O) groups is 1. The van der Waals surface area contributed by atoms with Gasteiger partial charge in [-0.1, -0.05) is 18.2 Å². The molecule has 1 amide bonds. The van der Waals surface area contributed by atoms with Crippen molar-refractivity contribution in [1.29, 1.82) is 0 Å². The van der Waals surface area contributed by atoms with Crippen molar-refractivity contribution in [3.63, 3.8) is 0 Å². The molecule has 2 N–H and O–H groups in total. The number of fused-ring (bicyclic) bond motifs is 1. The Morgan fingerprint density at radius 1 is 1.30 bits per heavy atom. The molecule has 0 bridgehead atoms. The fourth-order valence-electron chi connectivity index (χ4n) is 3.02. The number of hydrogen-bond acceptors (Lipinski definition) is 3. The van der Waals surface area contributed by atoms with Crippen molar-refractivity contribution in [3.8, 4) is 0 Å². The van der Waals surface area contributed by atoms with Gasteiger partial charge in [0.15, 0.2) is 0 Å². The first-order valence-electron chi connectivity index (χ1n) is 7.54. The van der Waals surface area contributed by atoms with Crippen molar-refractivity contribution in [3.05, 3.63) is 41.6 Å². The molecule has 0 radical (unpaired) electrons. The van der Waals surface area contributed by atoms with E-state index in [1.165, 1.54) is 0 Å². The lowest BCUT2D eigenvalue weighted by atomic mass is 9.99. The Morgan fingerprint density at radius 3 is 2.78 bits per heavy atom. The third-order valence-electron chi connectivity index (χ3n) is 4.05. The van der Waals surface area contributed by atoms with Crippen LogP contribution in [0.3, 0.4) is 0 Å². The Labute approximate surface area is 149 Å². The second-order valence-corrected chi connectivity index (χ2v) is 5.88. The fourth-order valence-corrected chi connectivity index (χ4v) is 3.02. The quantitative estimate of drug-likeness (QED) is 0.869. The van der Waals surface area contributed by atoms with Gasteiger partial charge in [-0.2, -0.15) is 0 Å².